The number of ether oxygens (including phenoxy) is 4. The minimum Gasteiger partial charge on any atom is -0.374 e. The van der Waals surface area contributed by atoms with Crippen molar-refractivity contribution in [2.24, 2.45) is 0 Å². The lowest BCUT2D eigenvalue weighted by molar-refractivity contribution is -0.211. The van der Waals surface area contributed by atoms with Crippen molar-refractivity contribution in [1.82, 2.24) is 20.2 Å². The van der Waals surface area contributed by atoms with Crippen molar-refractivity contribution < 1.29 is 18.9 Å². The molecule has 8 nitrogen and oxygen atoms in total. The van der Waals surface area contributed by atoms with Gasteiger partial charge in [0.05, 0.1) is 26.4 Å². The Bertz CT molecular complexity index is 1220. The van der Waals surface area contributed by atoms with Gasteiger partial charge in [0.15, 0.2) is 6.23 Å². The fourth-order valence-corrected chi connectivity index (χ4v) is 4.31. The maximum absolute atomic E-state index is 6.47. The van der Waals surface area contributed by atoms with Gasteiger partial charge in [0.25, 0.3) is 0 Å². The van der Waals surface area contributed by atoms with Gasteiger partial charge in [-0.2, -0.15) is 4.68 Å². The number of benzene rings is 3. The molecule has 3 aromatic carbocycles. The molecule has 0 bridgehead atoms. The van der Waals surface area contributed by atoms with Crippen LogP contribution in [-0.2, 0) is 38.8 Å². The summed E-state index contributed by atoms with van der Waals surface area (Å²) < 4.78 is 27.0. The summed E-state index contributed by atoms with van der Waals surface area (Å²) in [6, 6.07) is 30.1. The topological polar surface area (TPSA) is 80.5 Å². The number of hydrogen-bond donors (Lipinski definition) is 0. The number of hydrogen-bond acceptors (Lipinski definition) is 7. The van der Waals surface area contributed by atoms with Gasteiger partial charge >= 0.3 is 0 Å². The predicted octanol–water partition coefficient (Wildman–Crippen LogP) is 4.51. The molecular weight excluding hydrogens is 468 g/mol. The molecular formula is C29H30N4O4. The summed E-state index contributed by atoms with van der Waals surface area (Å²) in [6.45, 7) is 5.88. The van der Waals surface area contributed by atoms with E-state index < -0.39 is 24.5 Å². The summed E-state index contributed by atoms with van der Waals surface area (Å²) in [5.41, 5.74) is 3.87. The molecule has 0 saturated carbocycles. The summed E-state index contributed by atoms with van der Waals surface area (Å²) in [4.78, 5) is 0. The van der Waals surface area contributed by atoms with Crippen LogP contribution in [0.4, 0.5) is 0 Å². The Morgan fingerprint density at radius 1 is 0.757 bits per heavy atom. The third kappa shape index (κ3) is 6.55. The Labute approximate surface area is 216 Å². The molecule has 1 fully saturated rings. The number of tetrazole rings is 1. The molecule has 0 spiro atoms. The van der Waals surface area contributed by atoms with Crippen molar-refractivity contribution in [3.8, 4) is 0 Å². The van der Waals surface area contributed by atoms with Crippen molar-refractivity contribution in [3.63, 3.8) is 0 Å². The molecule has 0 N–H and O–H groups in total. The molecule has 1 aliphatic heterocycles. The molecule has 2 heterocycles. The smallest absolute Gasteiger partial charge is 0.178 e. The van der Waals surface area contributed by atoms with Crippen molar-refractivity contribution >= 4 is 0 Å². The summed E-state index contributed by atoms with van der Waals surface area (Å²) in [7, 11) is 0. The number of nitrogens with zero attached hydrogens (tertiary/aromatic N) is 4. The van der Waals surface area contributed by atoms with Gasteiger partial charge in [0.2, 0.25) is 0 Å². The van der Waals surface area contributed by atoms with E-state index in [1.807, 2.05) is 91.0 Å². The average Bonchev–Trinajstić information content (AvgIpc) is 3.49. The van der Waals surface area contributed by atoms with Crippen molar-refractivity contribution in [3.05, 3.63) is 126 Å². The fourth-order valence-electron chi connectivity index (χ4n) is 4.31. The van der Waals surface area contributed by atoms with Crippen LogP contribution in [0.15, 0.2) is 109 Å². The van der Waals surface area contributed by atoms with Crippen LogP contribution in [0.25, 0.3) is 0 Å². The minimum atomic E-state index is -0.613. The Balaban J connectivity index is 1.38. The zero-order chi connectivity index (χ0) is 25.3. The Kier molecular flexibility index (Phi) is 8.45. The maximum Gasteiger partial charge on any atom is 0.178 e. The van der Waals surface area contributed by atoms with Crippen LogP contribution >= 0.6 is 0 Å². The molecule has 5 rings (SSSR count). The van der Waals surface area contributed by atoms with Crippen LogP contribution in [0, 0.1) is 0 Å². The Morgan fingerprint density at radius 3 is 1.89 bits per heavy atom. The first kappa shape index (κ1) is 25.0. The highest BCUT2D eigenvalue weighted by molar-refractivity contribution is 5.18. The summed E-state index contributed by atoms with van der Waals surface area (Å²) in [6.07, 6.45) is -0.486. The molecule has 190 valence electrons. The molecule has 4 atom stereocenters. The molecule has 1 saturated heterocycles. The lowest BCUT2D eigenvalue weighted by atomic mass is 9.96. The van der Waals surface area contributed by atoms with E-state index >= 15 is 0 Å². The molecule has 1 aromatic heterocycles. The number of rotatable bonds is 11. The van der Waals surface area contributed by atoms with Crippen LogP contribution in [0.1, 0.15) is 22.9 Å². The standard InChI is InChI=1S/C29H30N4O4/c1-22-27(35-18-24-13-7-3-8-14-24)28(36-19-25-15-9-4-10-16-25)26(37-29(22)33-21-30-31-32-33)20-34-17-23-11-5-2-6-12-23/h2-16,21,26-29H,1,17-20H2/t26-,27-,28+,29?/m1/s1. The van der Waals surface area contributed by atoms with E-state index in [2.05, 4.69) is 22.1 Å². The van der Waals surface area contributed by atoms with E-state index in [0.29, 0.717) is 32.0 Å². The van der Waals surface area contributed by atoms with E-state index in [0.717, 1.165) is 16.7 Å². The maximum atomic E-state index is 6.47. The SMILES string of the molecule is C=C1C(n2cnnn2)O[C@H](COCc2ccccc2)[C@H](OCc2ccccc2)[C@@H]1OCc1ccccc1. The summed E-state index contributed by atoms with van der Waals surface area (Å²) >= 11 is 0. The van der Waals surface area contributed by atoms with E-state index in [4.69, 9.17) is 18.9 Å². The lowest BCUT2D eigenvalue weighted by Gasteiger charge is -2.42. The van der Waals surface area contributed by atoms with E-state index in [1.54, 1.807) is 4.68 Å². The van der Waals surface area contributed by atoms with E-state index in [9.17, 15) is 0 Å². The van der Waals surface area contributed by atoms with Gasteiger partial charge in [0, 0.05) is 5.57 Å². The molecule has 8 heteroatoms. The van der Waals surface area contributed by atoms with Gasteiger partial charge in [-0.05, 0) is 27.1 Å². The van der Waals surface area contributed by atoms with Crippen LogP contribution < -0.4 is 0 Å². The second-order valence-corrected chi connectivity index (χ2v) is 8.87. The lowest BCUT2D eigenvalue weighted by Crippen LogP contribution is -2.52. The monoisotopic (exact) mass is 498 g/mol. The average molecular weight is 499 g/mol. The van der Waals surface area contributed by atoms with Gasteiger partial charge < -0.3 is 18.9 Å². The number of aromatic nitrogens is 4. The first-order chi connectivity index (χ1) is 18.3. The Hall–Kier alpha value is -3.69. The fraction of sp³-hybridized carbons (Fsp3) is 0.276. The normalized spacial score (nSPS) is 21.7. The van der Waals surface area contributed by atoms with Crippen LogP contribution in [-0.4, -0.2) is 45.1 Å². The molecule has 37 heavy (non-hydrogen) atoms. The predicted molar refractivity (Wildman–Crippen MR) is 137 cm³/mol. The van der Waals surface area contributed by atoms with Gasteiger partial charge in [-0.3, -0.25) is 0 Å². The molecule has 0 amide bonds. The molecule has 0 radical (unpaired) electrons. The molecule has 1 aliphatic rings. The minimum absolute atomic E-state index is 0.297. The summed E-state index contributed by atoms with van der Waals surface area (Å²) in [5, 5.41) is 11.6. The second-order valence-electron chi connectivity index (χ2n) is 8.87. The third-order valence-electron chi connectivity index (χ3n) is 6.21. The van der Waals surface area contributed by atoms with Crippen molar-refractivity contribution in [2.45, 2.75) is 44.4 Å². The van der Waals surface area contributed by atoms with Gasteiger partial charge in [-0.15, -0.1) is 5.10 Å². The third-order valence-corrected chi connectivity index (χ3v) is 6.21. The summed E-state index contributed by atoms with van der Waals surface area (Å²) in [5.74, 6) is 0. The highest BCUT2D eigenvalue weighted by atomic mass is 16.6. The molecule has 0 aliphatic carbocycles. The van der Waals surface area contributed by atoms with Crippen molar-refractivity contribution in [2.75, 3.05) is 6.61 Å². The van der Waals surface area contributed by atoms with Gasteiger partial charge in [-0.1, -0.05) is 97.6 Å². The quantitative estimate of drug-likeness (QED) is 0.281. The zero-order valence-corrected chi connectivity index (χ0v) is 20.5. The van der Waals surface area contributed by atoms with E-state index in [1.165, 1.54) is 6.33 Å². The molecule has 1 unspecified atom stereocenters. The highest BCUT2D eigenvalue weighted by Crippen LogP contribution is 2.35. The van der Waals surface area contributed by atoms with Crippen LogP contribution in [0.3, 0.4) is 0 Å². The van der Waals surface area contributed by atoms with Crippen LogP contribution in [0.2, 0.25) is 0 Å². The second kappa shape index (κ2) is 12.5. The largest absolute Gasteiger partial charge is 0.374 e. The van der Waals surface area contributed by atoms with Crippen LogP contribution in [0.5, 0.6) is 0 Å². The highest BCUT2D eigenvalue weighted by Gasteiger charge is 2.44. The van der Waals surface area contributed by atoms with Crippen molar-refractivity contribution in [1.29, 1.82) is 0 Å². The first-order valence-electron chi connectivity index (χ1n) is 12.3. The molecule has 4 aromatic rings. The first-order valence-corrected chi connectivity index (χ1v) is 12.3. The zero-order valence-electron chi connectivity index (χ0n) is 20.5. The Morgan fingerprint density at radius 2 is 1.32 bits per heavy atom. The van der Waals surface area contributed by atoms with E-state index in [-0.39, 0.29) is 0 Å². The van der Waals surface area contributed by atoms with Gasteiger partial charge in [-0.25, -0.2) is 0 Å². The van der Waals surface area contributed by atoms with Gasteiger partial charge in [0.1, 0.15) is 24.6 Å².